The van der Waals surface area contributed by atoms with Crippen molar-refractivity contribution >= 4 is 5.97 Å². The third-order valence-electron chi connectivity index (χ3n) is 2.62. The Kier molecular flexibility index (Phi) is 3.13. The molecule has 0 saturated carbocycles. The zero-order valence-electron chi connectivity index (χ0n) is 9.29. The molecule has 0 amide bonds. The second-order valence-corrected chi connectivity index (χ2v) is 3.78. The van der Waals surface area contributed by atoms with E-state index in [1.165, 1.54) is 0 Å². The predicted molar refractivity (Wildman–Crippen MR) is 59.5 cm³/mol. The molecule has 0 aliphatic heterocycles. The molecule has 88 valence electrons. The van der Waals surface area contributed by atoms with Gasteiger partial charge in [0.1, 0.15) is 0 Å². The molecule has 0 aliphatic carbocycles. The number of carboxylic acids is 1. The molecule has 1 aromatic heterocycles. The molecule has 0 spiro atoms. The topological polar surface area (TPSA) is 91.8 Å². The van der Waals surface area contributed by atoms with Gasteiger partial charge >= 0.3 is 5.97 Å². The van der Waals surface area contributed by atoms with Crippen LogP contribution in [-0.4, -0.2) is 31.7 Å². The number of tetrazole rings is 1. The Morgan fingerprint density at radius 3 is 2.82 bits per heavy atom. The van der Waals surface area contributed by atoms with Crippen molar-refractivity contribution in [2.24, 2.45) is 0 Å². The number of aliphatic carboxylic acids is 1. The Hall–Kier alpha value is -2.24. The molecule has 1 atom stereocenters. The minimum absolute atomic E-state index is 0.0512. The Bertz CT molecular complexity index is 510. The summed E-state index contributed by atoms with van der Waals surface area (Å²) >= 11 is 0. The zero-order chi connectivity index (χ0) is 12.3. The fourth-order valence-corrected chi connectivity index (χ4v) is 1.81. The van der Waals surface area contributed by atoms with Gasteiger partial charge in [-0.15, -0.1) is 10.2 Å². The van der Waals surface area contributed by atoms with Crippen molar-refractivity contribution in [3.05, 3.63) is 41.2 Å². The second-order valence-electron chi connectivity index (χ2n) is 3.78. The molecule has 2 rings (SSSR count). The summed E-state index contributed by atoms with van der Waals surface area (Å²) in [5.74, 6) is -0.850. The Morgan fingerprint density at radius 2 is 2.24 bits per heavy atom. The fourth-order valence-electron chi connectivity index (χ4n) is 1.81. The number of aryl methyl sites for hydroxylation is 1. The smallest absolute Gasteiger partial charge is 0.304 e. The van der Waals surface area contributed by atoms with E-state index in [0.29, 0.717) is 5.82 Å². The van der Waals surface area contributed by atoms with Crippen LogP contribution in [0.4, 0.5) is 0 Å². The summed E-state index contributed by atoms with van der Waals surface area (Å²) in [5, 5.41) is 22.5. The Morgan fingerprint density at radius 1 is 1.47 bits per heavy atom. The molecule has 6 heteroatoms. The first kappa shape index (κ1) is 11.3. The summed E-state index contributed by atoms with van der Waals surface area (Å²) < 4.78 is 0. The molecule has 0 fully saturated rings. The van der Waals surface area contributed by atoms with E-state index in [4.69, 9.17) is 5.11 Å². The second kappa shape index (κ2) is 4.73. The number of carboxylic acid groups (broad SMARTS) is 1. The lowest BCUT2D eigenvalue weighted by atomic mass is 9.91. The average Bonchev–Trinajstić information content (AvgIpc) is 2.80. The van der Waals surface area contributed by atoms with Crippen LogP contribution in [0.5, 0.6) is 0 Å². The van der Waals surface area contributed by atoms with Gasteiger partial charge in [0.15, 0.2) is 5.82 Å². The van der Waals surface area contributed by atoms with Crippen molar-refractivity contribution in [3.63, 3.8) is 0 Å². The first-order valence-electron chi connectivity index (χ1n) is 5.19. The van der Waals surface area contributed by atoms with Crippen LogP contribution in [0, 0.1) is 6.92 Å². The number of nitrogens with zero attached hydrogens (tertiary/aromatic N) is 3. The molecule has 0 radical (unpaired) electrons. The highest BCUT2D eigenvalue weighted by molar-refractivity contribution is 5.68. The molecule has 0 saturated heterocycles. The van der Waals surface area contributed by atoms with Gasteiger partial charge in [-0.1, -0.05) is 29.5 Å². The van der Waals surface area contributed by atoms with Crippen LogP contribution in [0.3, 0.4) is 0 Å². The zero-order valence-corrected chi connectivity index (χ0v) is 9.29. The minimum Gasteiger partial charge on any atom is -0.481 e. The van der Waals surface area contributed by atoms with Gasteiger partial charge in [-0.3, -0.25) is 4.79 Å². The van der Waals surface area contributed by atoms with E-state index in [0.717, 1.165) is 11.1 Å². The number of hydrogen-bond donors (Lipinski definition) is 2. The highest BCUT2D eigenvalue weighted by atomic mass is 16.4. The van der Waals surface area contributed by atoms with E-state index in [-0.39, 0.29) is 12.3 Å². The molecule has 1 heterocycles. The van der Waals surface area contributed by atoms with Gasteiger partial charge in [0.05, 0.1) is 12.3 Å². The highest BCUT2D eigenvalue weighted by Gasteiger charge is 2.23. The van der Waals surface area contributed by atoms with Crippen LogP contribution in [0.1, 0.15) is 29.3 Å². The number of benzene rings is 1. The average molecular weight is 232 g/mol. The number of hydrogen-bond acceptors (Lipinski definition) is 4. The van der Waals surface area contributed by atoms with Crippen LogP contribution in [0.2, 0.25) is 0 Å². The van der Waals surface area contributed by atoms with Gasteiger partial charge in [0.2, 0.25) is 0 Å². The molecule has 0 bridgehead atoms. The van der Waals surface area contributed by atoms with E-state index >= 15 is 0 Å². The van der Waals surface area contributed by atoms with Gasteiger partial charge in [-0.2, -0.15) is 5.21 Å². The largest absolute Gasteiger partial charge is 0.481 e. The van der Waals surface area contributed by atoms with Crippen molar-refractivity contribution in [2.75, 3.05) is 0 Å². The maximum Gasteiger partial charge on any atom is 0.304 e. The molecule has 2 aromatic rings. The maximum atomic E-state index is 10.9. The third kappa shape index (κ3) is 2.47. The lowest BCUT2D eigenvalue weighted by molar-refractivity contribution is -0.137. The summed E-state index contributed by atoms with van der Waals surface area (Å²) in [6.45, 7) is 1.93. The number of aromatic nitrogens is 4. The summed E-state index contributed by atoms with van der Waals surface area (Å²) in [6, 6.07) is 7.60. The lowest BCUT2D eigenvalue weighted by Crippen LogP contribution is -2.11. The van der Waals surface area contributed by atoms with Gasteiger partial charge in [0.25, 0.3) is 0 Å². The third-order valence-corrected chi connectivity index (χ3v) is 2.62. The predicted octanol–water partition coefficient (Wildman–Crippen LogP) is 1.11. The molecule has 1 aromatic carbocycles. The van der Waals surface area contributed by atoms with Crippen LogP contribution >= 0.6 is 0 Å². The fraction of sp³-hybridized carbons (Fsp3) is 0.273. The van der Waals surface area contributed by atoms with Crippen LogP contribution in [-0.2, 0) is 4.79 Å². The summed E-state index contributed by atoms with van der Waals surface area (Å²) in [4.78, 5) is 10.9. The summed E-state index contributed by atoms with van der Waals surface area (Å²) in [6.07, 6.45) is -0.0512. The van der Waals surface area contributed by atoms with E-state index in [1.54, 1.807) is 0 Å². The van der Waals surface area contributed by atoms with Crippen molar-refractivity contribution in [1.29, 1.82) is 0 Å². The summed E-state index contributed by atoms with van der Waals surface area (Å²) in [7, 11) is 0. The number of aromatic amines is 1. The number of carbonyl (C=O) groups is 1. The molecule has 0 aliphatic rings. The standard InChI is InChI=1S/C11H12N4O2/c1-7-4-2-3-5-8(7)9(6-10(16)17)11-12-14-15-13-11/h2-5,9H,6H2,1H3,(H,16,17)(H,12,13,14,15). The molecular formula is C11H12N4O2. The monoisotopic (exact) mass is 232 g/mol. The number of rotatable bonds is 4. The van der Waals surface area contributed by atoms with Crippen LogP contribution in [0.15, 0.2) is 24.3 Å². The van der Waals surface area contributed by atoms with Crippen molar-refractivity contribution in [1.82, 2.24) is 20.6 Å². The quantitative estimate of drug-likeness (QED) is 0.824. The van der Waals surface area contributed by atoms with Gasteiger partial charge < -0.3 is 5.11 Å². The number of H-pyrrole nitrogens is 1. The number of nitrogens with one attached hydrogen (secondary N) is 1. The van der Waals surface area contributed by atoms with Gasteiger partial charge in [-0.25, -0.2) is 0 Å². The minimum atomic E-state index is -0.886. The lowest BCUT2D eigenvalue weighted by Gasteiger charge is -2.13. The first-order chi connectivity index (χ1) is 8.18. The van der Waals surface area contributed by atoms with E-state index < -0.39 is 5.97 Å². The van der Waals surface area contributed by atoms with Crippen LogP contribution < -0.4 is 0 Å². The van der Waals surface area contributed by atoms with Crippen LogP contribution in [0.25, 0.3) is 0 Å². The van der Waals surface area contributed by atoms with Gasteiger partial charge in [0, 0.05) is 0 Å². The highest BCUT2D eigenvalue weighted by Crippen LogP contribution is 2.27. The Labute approximate surface area is 97.7 Å². The van der Waals surface area contributed by atoms with Crippen molar-refractivity contribution in [3.8, 4) is 0 Å². The summed E-state index contributed by atoms with van der Waals surface area (Å²) in [5.41, 5.74) is 1.93. The SMILES string of the molecule is Cc1ccccc1C(CC(=O)O)c1nn[nH]n1. The first-order valence-corrected chi connectivity index (χ1v) is 5.19. The van der Waals surface area contributed by atoms with Crippen molar-refractivity contribution in [2.45, 2.75) is 19.3 Å². The molecule has 17 heavy (non-hydrogen) atoms. The molecular weight excluding hydrogens is 220 g/mol. The van der Waals surface area contributed by atoms with Gasteiger partial charge in [-0.05, 0) is 18.1 Å². The molecule has 1 unspecified atom stereocenters. The normalized spacial score (nSPS) is 12.3. The van der Waals surface area contributed by atoms with E-state index in [1.807, 2.05) is 31.2 Å². The van der Waals surface area contributed by atoms with Crippen molar-refractivity contribution < 1.29 is 9.90 Å². The molecule has 6 nitrogen and oxygen atoms in total. The van der Waals surface area contributed by atoms with E-state index in [2.05, 4.69) is 20.6 Å². The molecule has 2 N–H and O–H groups in total. The van der Waals surface area contributed by atoms with E-state index in [9.17, 15) is 4.79 Å². The Balaban J connectivity index is 2.41. The maximum absolute atomic E-state index is 10.9.